The van der Waals surface area contributed by atoms with Crippen LogP contribution in [0.25, 0.3) is 0 Å². The van der Waals surface area contributed by atoms with E-state index in [9.17, 15) is 9.59 Å². The van der Waals surface area contributed by atoms with Crippen molar-refractivity contribution in [3.8, 4) is 0 Å². The summed E-state index contributed by atoms with van der Waals surface area (Å²) in [5, 5.41) is 5.82. The largest absolute Gasteiger partial charge is 0.355 e. The van der Waals surface area contributed by atoms with Gasteiger partial charge in [-0.25, -0.2) is 4.98 Å². The Morgan fingerprint density at radius 1 is 1.46 bits per heavy atom. The minimum absolute atomic E-state index is 0. The summed E-state index contributed by atoms with van der Waals surface area (Å²) < 4.78 is 0. The number of rotatable bonds is 6. The Morgan fingerprint density at radius 2 is 2.21 bits per heavy atom. The van der Waals surface area contributed by atoms with Crippen LogP contribution >= 0.6 is 36.2 Å². The van der Waals surface area contributed by atoms with Gasteiger partial charge in [-0.1, -0.05) is 6.92 Å². The normalized spacial score (nSPS) is 16.8. The Kier molecular flexibility index (Phi) is 11.2. The van der Waals surface area contributed by atoms with Crippen molar-refractivity contribution in [3.63, 3.8) is 0 Å². The molecule has 1 aliphatic rings. The minimum Gasteiger partial charge on any atom is -0.355 e. The molecule has 2 rings (SSSR count). The quantitative estimate of drug-likeness (QED) is 0.760. The van der Waals surface area contributed by atoms with Gasteiger partial charge < -0.3 is 16.0 Å². The summed E-state index contributed by atoms with van der Waals surface area (Å²) in [7, 11) is 0. The summed E-state index contributed by atoms with van der Waals surface area (Å²) >= 11 is 1.59. The third-order valence-corrected chi connectivity index (χ3v) is 4.86. The number of aromatic nitrogens is 1. The molecular weight excluding hydrogens is 371 g/mol. The number of likely N-dealkylation sites (tertiary alicyclic amines) is 1. The van der Waals surface area contributed by atoms with E-state index in [4.69, 9.17) is 5.73 Å². The van der Waals surface area contributed by atoms with E-state index in [1.54, 1.807) is 16.2 Å². The Morgan fingerprint density at radius 3 is 2.83 bits per heavy atom. The Labute approximate surface area is 159 Å². The van der Waals surface area contributed by atoms with Crippen LogP contribution in [0, 0.1) is 5.92 Å². The van der Waals surface area contributed by atoms with Crippen LogP contribution in [-0.2, 0) is 22.4 Å². The van der Waals surface area contributed by atoms with Gasteiger partial charge in [-0.15, -0.1) is 36.2 Å². The molecule has 0 radical (unpaired) electrons. The molecule has 2 heterocycles. The van der Waals surface area contributed by atoms with Gasteiger partial charge in [-0.3, -0.25) is 9.59 Å². The fourth-order valence-corrected chi connectivity index (χ4v) is 3.36. The predicted octanol–water partition coefficient (Wildman–Crippen LogP) is 1.41. The number of aryl methyl sites for hydroxylation is 1. The predicted molar refractivity (Wildman–Crippen MR) is 101 cm³/mol. The van der Waals surface area contributed by atoms with Crippen molar-refractivity contribution in [1.82, 2.24) is 15.2 Å². The number of piperidine rings is 1. The van der Waals surface area contributed by atoms with Crippen molar-refractivity contribution in [2.75, 3.05) is 26.2 Å². The molecule has 3 N–H and O–H groups in total. The fraction of sp³-hybridized carbons (Fsp3) is 0.667. The van der Waals surface area contributed by atoms with Crippen LogP contribution in [0.4, 0.5) is 0 Å². The van der Waals surface area contributed by atoms with E-state index in [1.807, 2.05) is 5.38 Å². The van der Waals surface area contributed by atoms with E-state index in [-0.39, 0.29) is 42.5 Å². The second-order valence-corrected chi connectivity index (χ2v) is 6.46. The number of amides is 2. The number of nitrogens with zero attached hydrogens (tertiary/aromatic N) is 2. The van der Waals surface area contributed by atoms with Gasteiger partial charge in [0.25, 0.3) is 0 Å². The van der Waals surface area contributed by atoms with Crippen LogP contribution in [0.2, 0.25) is 0 Å². The number of halogens is 2. The van der Waals surface area contributed by atoms with Crippen LogP contribution in [0.5, 0.6) is 0 Å². The van der Waals surface area contributed by atoms with Gasteiger partial charge in [-0.05, 0) is 19.3 Å². The first-order valence-electron chi connectivity index (χ1n) is 7.82. The maximum Gasteiger partial charge on any atom is 0.228 e. The lowest BCUT2D eigenvalue weighted by molar-refractivity contribution is -0.135. The molecule has 6 nitrogen and oxygen atoms in total. The highest BCUT2D eigenvalue weighted by molar-refractivity contribution is 7.09. The molecule has 0 bridgehead atoms. The Balaban J connectivity index is 0.00000264. The molecule has 1 aromatic heterocycles. The number of thiazole rings is 1. The van der Waals surface area contributed by atoms with Crippen LogP contribution < -0.4 is 11.1 Å². The van der Waals surface area contributed by atoms with Gasteiger partial charge in [0.2, 0.25) is 11.8 Å². The van der Waals surface area contributed by atoms with Crippen molar-refractivity contribution in [2.24, 2.45) is 11.7 Å². The van der Waals surface area contributed by atoms with E-state index < -0.39 is 0 Å². The highest BCUT2D eigenvalue weighted by Gasteiger charge is 2.28. The maximum absolute atomic E-state index is 12.4. The Hall–Kier alpha value is -0.890. The van der Waals surface area contributed by atoms with Crippen molar-refractivity contribution in [3.05, 3.63) is 16.1 Å². The highest BCUT2D eigenvalue weighted by atomic mass is 35.5. The van der Waals surface area contributed by atoms with Gasteiger partial charge in [-0.2, -0.15) is 0 Å². The van der Waals surface area contributed by atoms with E-state index >= 15 is 0 Å². The molecule has 0 saturated carbocycles. The average Bonchev–Trinajstić information content (AvgIpc) is 3.00. The summed E-state index contributed by atoms with van der Waals surface area (Å²) in [5.74, 6) is -0.0555. The zero-order chi connectivity index (χ0) is 15.9. The third-order valence-electron chi connectivity index (χ3n) is 3.82. The molecular formula is C15H26Cl2N4O2S. The average molecular weight is 397 g/mol. The third kappa shape index (κ3) is 6.55. The maximum atomic E-state index is 12.4. The molecule has 24 heavy (non-hydrogen) atoms. The first-order chi connectivity index (χ1) is 10.6. The fourth-order valence-electron chi connectivity index (χ4n) is 2.62. The van der Waals surface area contributed by atoms with Crippen LogP contribution in [-0.4, -0.2) is 47.9 Å². The summed E-state index contributed by atoms with van der Waals surface area (Å²) in [6.07, 6.45) is 2.92. The molecule has 0 spiro atoms. The zero-order valence-corrected chi connectivity index (χ0v) is 16.3. The molecule has 138 valence electrons. The monoisotopic (exact) mass is 396 g/mol. The van der Waals surface area contributed by atoms with Gasteiger partial charge in [0.1, 0.15) is 0 Å². The van der Waals surface area contributed by atoms with E-state index in [1.165, 1.54) is 0 Å². The first-order valence-corrected chi connectivity index (χ1v) is 8.70. The lowest BCUT2D eigenvalue weighted by Gasteiger charge is -2.32. The molecule has 1 fully saturated rings. The van der Waals surface area contributed by atoms with Crippen molar-refractivity contribution < 1.29 is 9.59 Å². The van der Waals surface area contributed by atoms with Crippen LogP contribution in [0.1, 0.15) is 30.5 Å². The molecule has 1 aliphatic heterocycles. The summed E-state index contributed by atoms with van der Waals surface area (Å²) in [4.78, 5) is 30.6. The van der Waals surface area contributed by atoms with Crippen LogP contribution in [0.15, 0.2) is 5.38 Å². The standard InChI is InChI=1S/C15H24N4O2S.2ClH/c1-2-13-18-12(10-22-13)8-14(20)19-7-3-4-11(9-19)15(21)17-6-5-16;;/h10-11H,2-9,16H2,1H3,(H,17,21);2*1H. The smallest absolute Gasteiger partial charge is 0.228 e. The number of nitrogens with two attached hydrogens (primary N) is 1. The molecule has 1 saturated heterocycles. The van der Waals surface area contributed by atoms with Crippen molar-refractivity contribution >= 4 is 48.0 Å². The number of carbonyl (C=O) groups excluding carboxylic acids is 2. The van der Waals surface area contributed by atoms with Gasteiger partial charge in [0.05, 0.1) is 23.0 Å². The lowest BCUT2D eigenvalue weighted by atomic mass is 9.96. The zero-order valence-electron chi connectivity index (χ0n) is 13.8. The van der Waals surface area contributed by atoms with Gasteiger partial charge in [0.15, 0.2) is 0 Å². The SMILES string of the molecule is CCc1nc(CC(=O)N2CCCC(C(=O)NCCN)C2)cs1.Cl.Cl. The topological polar surface area (TPSA) is 88.3 Å². The molecule has 1 unspecified atom stereocenters. The van der Waals surface area contributed by atoms with E-state index in [0.29, 0.717) is 26.1 Å². The highest BCUT2D eigenvalue weighted by Crippen LogP contribution is 2.18. The number of carbonyl (C=O) groups is 2. The molecule has 0 aliphatic carbocycles. The number of hydrogen-bond donors (Lipinski definition) is 2. The molecule has 9 heteroatoms. The van der Waals surface area contributed by atoms with Gasteiger partial charge >= 0.3 is 0 Å². The first kappa shape index (κ1) is 23.1. The summed E-state index contributed by atoms with van der Waals surface area (Å²) in [6, 6.07) is 0. The summed E-state index contributed by atoms with van der Waals surface area (Å²) in [5.41, 5.74) is 6.23. The van der Waals surface area contributed by atoms with Crippen molar-refractivity contribution in [2.45, 2.75) is 32.6 Å². The van der Waals surface area contributed by atoms with Crippen molar-refractivity contribution in [1.29, 1.82) is 0 Å². The molecule has 1 atom stereocenters. The second-order valence-electron chi connectivity index (χ2n) is 5.52. The molecule has 2 amide bonds. The summed E-state index contributed by atoms with van der Waals surface area (Å²) in [6.45, 7) is 4.20. The van der Waals surface area contributed by atoms with Crippen LogP contribution in [0.3, 0.4) is 0 Å². The molecule has 1 aromatic rings. The van der Waals surface area contributed by atoms with E-state index in [0.717, 1.165) is 36.5 Å². The second kappa shape index (κ2) is 11.6. The lowest BCUT2D eigenvalue weighted by Crippen LogP contribution is -2.46. The van der Waals surface area contributed by atoms with E-state index in [2.05, 4.69) is 17.2 Å². The minimum atomic E-state index is -0.120. The molecule has 0 aromatic carbocycles. The van der Waals surface area contributed by atoms with Gasteiger partial charge in [0, 0.05) is 31.6 Å². The number of nitrogens with one attached hydrogen (secondary N) is 1. The Bertz CT molecular complexity index is 527. The number of hydrogen-bond acceptors (Lipinski definition) is 5.